The van der Waals surface area contributed by atoms with E-state index in [2.05, 4.69) is 10.4 Å². The van der Waals surface area contributed by atoms with Crippen molar-refractivity contribution in [2.45, 2.75) is 39.7 Å². The number of aryl methyl sites for hydroxylation is 2. The molecule has 2 N–H and O–H groups in total. The van der Waals surface area contributed by atoms with Crippen molar-refractivity contribution in [2.24, 2.45) is 0 Å². The zero-order chi connectivity index (χ0) is 17.0. The van der Waals surface area contributed by atoms with Gasteiger partial charge in [-0.2, -0.15) is 5.10 Å². The number of hydrogen-bond donors (Lipinski definition) is 2. The third-order valence-corrected chi connectivity index (χ3v) is 3.51. The van der Waals surface area contributed by atoms with E-state index in [0.717, 1.165) is 11.4 Å². The number of carbonyl (C=O) groups excluding carboxylic acids is 1. The van der Waals surface area contributed by atoms with Gasteiger partial charge in [0, 0.05) is 17.8 Å². The Morgan fingerprint density at radius 2 is 2.04 bits per heavy atom. The molecule has 6 heteroatoms. The van der Waals surface area contributed by atoms with Crippen LogP contribution < -0.4 is 5.32 Å². The third kappa shape index (κ3) is 4.67. The molecule has 1 amide bonds. The number of anilines is 1. The number of benzene rings is 1. The van der Waals surface area contributed by atoms with E-state index in [1.165, 1.54) is 0 Å². The van der Waals surface area contributed by atoms with Crippen LogP contribution in [0.25, 0.3) is 0 Å². The number of aliphatic carboxylic acids is 1. The Bertz CT molecular complexity index is 722. The van der Waals surface area contributed by atoms with Gasteiger partial charge in [0.25, 0.3) is 0 Å². The number of amides is 1. The lowest BCUT2D eigenvalue weighted by Gasteiger charge is -2.14. The second kappa shape index (κ2) is 7.09. The van der Waals surface area contributed by atoms with Gasteiger partial charge in [0.15, 0.2) is 0 Å². The van der Waals surface area contributed by atoms with E-state index < -0.39 is 5.97 Å². The van der Waals surface area contributed by atoms with Crippen molar-refractivity contribution in [1.29, 1.82) is 0 Å². The molecule has 1 heterocycles. The Balaban J connectivity index is 1.99. The van der Waals surface area contributed by atoms with Crippen LogP contribution >= 0.6 is 0 Å². The maximum Gasteiger partial charge on any atom is 0.307 e. The van der Waals surface area contributed by atoms with Crippen LogP contribution in [0.15, 0.2) is 30.3 Å². The van der Waals surface area contributed by atoms with E-state index in [1.54, 1.807) is 24.3 Å². The van der Waals surface area contributed by atoms with Gasteiger partial charge >= 0.3 is 5.97 Å². The van der Waals surface area contributed by atoms with Gasteiger partial charge in [-0.05, 0) is 44.5 Å². The van der Waals surface area contributed by atoms with Crippen LogP contribution in [-0.2, 0) is 16.0 Å². The molecule has 0 aliphatic rings. The summed E-state index contributed by atoms with van der Waals surface area (Å²) in [6.07, 6.45) is 0.233. The lowest BCUT2D eigenvalue weighted by Crippen LogP contribution is -2.19. The molecule has 0 fully saturated rings. The first-order valence-electron chi connectivity index (χ1n) is 7.48. The first kappa shape index (κ1) is 16.7. The molecule has 0 saturated heterocycles. The summed E-state index contributed by atoms with van der Waals surface area (Å²) < 4.78 is 1.84. The maximum absolute atomic E-state index is 12.2. The largest absolute Gasteiger partial charge is 0.481 e. The molecule has 0 spiro atoms. The molecule has 0 radical (unpaired) electrons. The van der Waals surface area contributed by atoms with E-state index >= 15 is 0 Å². The summed E-state index contributed by atoms with van der Waals surface area (Å²) in [5.74, 6) is -1.02. The van der Waals surface area contributed by atoms with E-state index in [0.29, 0.717) is 17.7 Å². The average Bonchev–Trinajstić information content (AvgIpc) is 2.77. The molecule has 6 nitrogen and oxygen atoms in total. The molecule has 122 valence electrons. The molecule has 1 aromatic heterocycles. The normalized spacial score (nSPS) is 12.0. The highest BCUT2D eigenvalue weighted by Gasteiger charge is 2.14. The van der Waals surface area contributed by atoms with Crippen LogP contribution in [0.5, 0.6) is 0 Å². The van der Waals surface area contributed by atoms with Crippen molar-refractivity contribution in [2.75, 3.05) is 5.32 Å². The van der Waals surface area contributed by atoms with Crippen LogP contribution in [0.3, 0.4) is 0 Å². The summed E-state index contributed by atoms with van der Waals surface area (Å²) in [6, 6.07) is 8.81. The van der Waals surface area contributed by atoms with Crippen molar-refractivity contribution in [3.63, 3.8) is 0 Å². The van der Waals surface area contributed by atoms with Crippen molar-refractivity contribution in [3.8, 4) is 0 Å². The molecule has 1 aromatic carbocycles. The summed E-state index contributed by atoms with van der Waals surface area (Å²) in [6.45, 7) is 5.83. The Morgan fingerprint density at radius 3 is 2.65 bits per heavy atom. The van der Waals surface area contributed by atoms with E-state index in [-0.39, 0.29) is 18.4 Å². The maximum atomic E-state index is 12.2. The number of aromatic nitrogens is 2. The van der Waals surface area contributed by atoms with Gasteiger partial charge < -0.3 is 10.4 Å². The van der Waals surface area contributed by atoms with E-state index in [9.17, 15) is 9.59 Å². The van der Waals surface area contributed by atoms with Crippen molar-refractivity contribution < 1.29 is 14.7 Å². The zero-order valence-corrected chi connectivity index (χ0v) is 13.5. The predicted molar refractivity (Wildman–Crippen MR) is 87.4 cm³/mol. The molecule has 0 saturated carbocycles. The van der Waals surface area contributed by atoms with Gasteiger partial charge in [-0.25, -0.2) is 0 Å². The minimum Gasteiger partial charge on any atom is -0.481 e. The Labute approximate surface area is 135 Å². The second-order valence-electron chi connectivity index (χ2n) is 5.74. The monoisotopic (exact) mass is 315 g/mol. The number of hydrogen-bond acceptors (Lipinski definition) is 3. The van der Waals surface area contributed by atoms with Crippen molar-refractivity contribution in [3.05, 3.63) is 47.3 Å². The highest BCUT2D eigenvalue weighted by molar-refractivity contribution is 5.91. The lowest BCUT2D eigenvalue weighted by molar-refractivity contribution is -0.136. The highest BCUT2D eigenvalue weighted by Crippen LogP contribution is 2.16. The Hall–Kier alpha value is -2.63. The smallest absolute Gasteiger partial charge is 0.307 e. The minimum absolute atomic E-state index is 0.0501. The predicted octanol–water partition coefficient (Wildman–Crippen LogP) is 2.72. The molecular formula is C17H21N3O3. The van der Waals surface area contributed by atoms with Gasteiger partial charge in [0.2, 0.25) is 5.91 Å². The number of nitrogens with zero attached hydrogens (tertiary/aromatic N) is 2. The van der Waals surface area contributed by atoms with Crippen LogP contribution in [0.4, 0.5) is 5.69 Å². The van der Waals surface area contributed by atoms with Gasteiger partial charge in [-0.1, -0.05) is 12.1 Å². The quantitative estimate of drug-likeness (QED) is 0.858. The molecule has 0 aliphatic heterocycles. The van der Waals surface area contributed by atoms with Crippen molar-refractivity contribution >= 4 is 17.6 Å². The average molecular weight is 315 g/mol. The Morgan fingerprint density at radius 1 is 1.30 bits per heavy atom. The van der Waals surface area contributed by atoms with Crippen LogP contribution in [0.1, 0.15) is 36.3 Å². The lowest BCUT2D eigenvalue weighted by atomic mass is 10.1. The fourth-order valence-electron chi connectivity index (χ4n) is 2.59. The molecule has 2 aromatic rings. The van der Waals surface area contributed by atoms with Crippen molar-refractivity contribution in [1.82, 2.24) is 9.78 Å². The first-order valence-corrected chi connectivity index (χ1v) is 7.48. The SMILES string of the molecule is Cc1cc(C)n(C(C)CC(=O)Nc2cccc(CC(=O)O)c2)n1. The molecule has 0 aliphatic carbocycles. The van der Waals surface area contributed by atoms with Crippen LogP contribution in [0.2, 0.25) is 0 Å². The molecular weight excluding hydrogens is 294 g/mol. The zero-order valence-electron chi connectivity index (χ0n) is 13.5. The number of carboxylic acids is 1. The van der Waals surface area contributed by atoms with Gasteiger partial charge in [0.05, 0.1) is 18.2 Å². The first-order chi connectivity index (χ1) is 10.8. The topological polar surface area (TPSA) is 84.2 Å². The van der Waals surface area contributed by atoms with E-state index in [4.69, 9.17) is 5.11 Å². The van der Waals surface area contributed by atoms with Crippen LogP contribution in [0, 0.1) is 13.8 Å². The fraction of sp³-hybridized carbons (Fsp3) is 0.353. The second-order valence-corrected chi connectivity index (χ2v) is 5.74. The molecule has 1 atom stereocenters. The standard InChI is InChI=1S/C17H21N3O3/c1-11-7-12(2)20(19-11)13(3)8-16(21)18-15-6-4-5-14(9-15)10-17(22)23/h4-7,9,13H,8,10H2,1-3H3,(H,18,21)(H,22,23). The van der Waals surface area contributed by atoms with E-state index in [1.807, 2.05) is 31.5 Å². The molecule has 0 bridgehead atoms. The number of rotatable bonds is 6. The summed E-state index contributed by atoms with van der Waals surface area (Å²) in [7, 11) is 0. The highest BCUT2D eigenvalue weighted by atomic mass is 16.4. The van der Waals surface area contributed by atoms with Gasteiger partial charge in [-0.15, -0.1) is 0 Å². The molecule has 2 rings (SSSR count). The summed E-state index contributed by atoms with van der Waals surface area (Å²) >= 11 is 0. The molecule has 23 heavy (non-hydrogen) atoms. The summed E-state index contributed by atoms with van der Waals surface area (Å²) in [5, 5.41) is 16.0. The number of carbonyl (C=O) groups is 2. The summed E-state index contributed by atoms with van der Waals surface area (Å²) in [5.41, 5.74) is 3.21. The number of carboxylic acid groups (broad SMARTS) is 1. The van der Waals surface area contributed by atoms with Gasteiger partial charge in [-0.3, -0.25) is 14.3 Å². The minimum atomic E-state index is -0.897. The fourth-order valence-corrected chi connectivity index (χ4v) is 2.59. The molecule has 1 unspecified atom stereocenters. The van der Waals surface area contributed by atoms with Gasteiger partial charge in [0.1, 0.15) is 0 Å². The summed E-state index contributed by atoms with van der Waals surface area (Å²) in [4.78, 5) is 22.9. The van der Waals surface area contributed by atoms with Crippen LogP contribution in [-0.4, -0.2) is 26.8 Å². The third-order valence-electron chi connectivity index (χ3n) is 3.51. The Kier molecular flexibility index (Phi) is 5.16. The number of nitrogens with one attached hydrogen (secondary N) is 1.